The number of carbonyl (C=O) groups is 3. The van der Waals surface area contributed by atoms with Crippen LogP contribution in [-0.2, 0) is 14.4 Å². The number of nitrogens with one attached hydrogen (secondary N) is 3. The summed E-state index contributed by atoms with van der Waals surface area (Å²) in [5, 5.41) is 9.67. The van der Waals surface area contributed by atoms with Crippen molar-refractivity contribution in [3.8, 4) is 17.2 Å². The van der Waals surface area contributed by atoms with Crippen LogP contribution in [0.2, 0.25) is 5.02 Å². The molecule has 0 bridgehead atoms. The number of aryl methyl sites for hydroxylation is 1. The Hall–Kier alpha value is -3.84. The average molecular weight is 693 g/mol. The number of ether oxygens (including phenoxy) is 3. The highest BCUT2D eigenvalue weighted by atomic mass is 127. The van der Waals surface area contributed by atoms with Gasteiger partial charge in [0, 0.05) is 16.4 Å². The zero-order valence-corrected chi connectivity index (χ0v) is 25.7. The number of amides is 3. The lowest BCUT2D eigenvalue weighted by atomic mass is 10.2. The van der Waals surface area contributed by atoms with Crippen LogP contribution in [0.5, 0.6) is 17.2 Å². The predicted molar refractivity (Wildman–Crippen MR) is 167 cm³/mol. The highest BCUT2D eigenvalue weighted by molar-refractivity contribution is 14.1. The molecular formula is C29H30ClIN4O6. The van der Waals surface area contributed by atoms with Crippen molar-refractivity contribution in [3.63, 3.8) is 0 Å². The number of hydrazone groups is 1. The van der Waals surface area contributed by atoms with Gasteiger partial charge in [-0.1, -0.05) is 24.6 Å². The van der Waals surface area contributed by atoms with Crippen LogP contribution in [0.15, 0.2) is 59.7 Å². The van der Waals surface area contributed by atoms with Crippen LogP contribution in [0.4, 0.5) is 11.4 Å². The number of halogens is 2. The maximum Gasteiger partial charge on any atom is 0.329 e. The largest absolute Gasteiger partial charge is 0.494 e. The van der Waals surface area contributed by atoms with E-state index in [4.69, 9.17) is 25.8 Å². The summed E-state index contributed by atoms with van der Waals surface area (Å²) in [5.41, 5.74) is 4.69. The van der Waals surface area contributed by atoms with E-state index in [2.05, 4.69) is 43.8 Å². The van der Waals surface area contributed by atoms with E-state index in [1.807, 2.05) is 26.8 Å². The molecule has 0 aromatic heterocycles. The smallest absolute Gasteiger partial charge is 0.329 e. The van der Waals surface area contributed by atoms with Crippen LogP contribution >= 0.6 is 34.2 Å². The first kappa shape index (κ1) is 31.7. The molecule has 0 aliphatic rings. The molecule has 216 valence electrons. The number of hydrogen-bond donors (Lipinski definition) is 3. The number of anilines is 2. The Morgan fingerprint density at radius 3 is 2.34 bits per heavy atom. The first-order chi connectivity index (χ1) is 19.7. The first-order valence-electron chi connectivity index (χ1n) is 12.7. The molecule has 0 atom stereocenters. The number of rotatable bonds is 12. The fourth-order valence-electron chi connectivity index (χ4n) is 3.33. The molecule has 3 aromatic carbocycles. The van der Waals surface area contributed by atoms with E-state index in [-0.39, 0.29) is 12.5 Å². The van der Waals surface area contributed by atoms with E-state index in [1.165, 1.54) is 6.21 Å². The molecule has 0 aliphatic heterocycles. The lowest BCUT2D eigenvalue weighted by Crippen LogP contribution is -2.32. The number of benzene rings is 3. The highest BCUT2D eigenvalue weighted by Gasteiger charge is 2.15. The van der Waals surface area contributed by atoms with Crippen molar-refractivity contribution in [3.05, 3.63) is 74.3 Å². The Morgan fingerprint density at radius 2 is 1.66 bits per heavy atom. The second-order valence-corrected chi connectivity index (χ2v) is 10.2. The van der Waals surface area contributed by atoms with Gasteiger partial charge in [0.15, 0.2) is 18.1 Å². The van der Waals surface area contributed by atoms with Crippen LogP contribution in [0.25, 0.3) is 0 Å². The minimum Gasteiger partial charge on any atom is -0.494 e. The Labute approximate surface area is 256 Å². The summed E-state index contributed by atoms with van der Waals surface area (Å²) in [6.45, 7) is 6.38. The van der Waals surface area contributed by atoms with Crippen LogP contribution in [0.1, 0.15) is 31.4 Å². The molecule has 0 heterocycles. The third-order valence-corrected chi connectivity index (χ3v) is 6.51. The summed E-state index contributed by atoms with van der Waals surface area (Å²) in [7, 11) is 0. The van der Waals surface area contributed by atoms with Crippen molar-refractivity contribution in [2.75, 3.05) is 30.5 Å². The summed E-state index contributed by atoms with van der Waals surface area (Å²) < 4.78 is 17.6. The lowest BCUT2D eigenvalue weighted by Gasteiger charge is -2.15. The highest BCUT2D eigenvalue weighted by Crippen LogP contribution is 2.34. The van der Waals surface area contributed by atoms with Gasteiger partial charge in [-0.15, -0.1) is 0 Å². The van der Waals surface area contributed by atoms with Crippen molar-refractivity contribution >= 4 is 69.5 Å². The quantitative estimate of drug-likeness (QED) is 0.0990. The summed E-state index contributed by atoms with van der Waals surface area (Å²) in [4.78, 5) is 36.9. The third-order valence-electron chi connectivity index (χ3n) is 5.31. The first-order valence-corrected chi connectivity index (χ1v) is 14.2. The monoisotopic (exact) mass is 692 g/mol. The molecule has 0 saturated heterocycles. The van der Waals surface area contributed by atoms with Crippen molar-refractivity contribution in [1.82, 2.24) is 5.43 Å². The molecule has 3 N–H and O–H groups in total. The molecule has 0 radical (unpaired) electrons. The second kappa shape index (κ2) is 15.8. The Bertz CT molecular complexity index is 1420. The lowest BCUT2D eigenvalue weighted by molar-refractivity contribution is -0.136. The Kier molecular flexibility index (Phi) is 12.2. The molecule has 0 saturated carbocycles. The van der Waals surface area contributed by atoms with Gasteiger partial charge in [0.1, 0.15) is 5.75 Å². The van der Waals surface area contributed by atoms with E-state index < -0.39 is 11.8 Å². The van der Waals surface area contributed by atoms with Gasteiger partial charge >= 0.3 is 11.8 Å². The maximum atomic E-state index is 12.4. The molecule has 10 nitrogen and oxygen atoms in total. The standard InChI is InChI=1S/C29H30ClIN4O6/c1-4-12-40-22-10-8-20(9-11-22)34-28(37)29(38)35-32-16-19-13-24(31)27(25(14-19)39-5-2)41-17-26(36)33-21-7-6-18(3)23(30)15-21/h6-11,13-16H,4-5,12,17H2,1-3H3,(H,33,36)(H,34,37)(H,35,38)/b32-16-. The number of hydrogen-bond acceptors (Lipinski definition) is 7. The minimum atomic E-state index is -0.937. The molecule has 3 amide bonds. The molecular weight excluding hydrogens is 663 g/mol. The molecule has 12 heteroatoms. The van der Waals surface area contributed by atoms with Crippen molar-refractivity contribution in [1.29, 1.82) is 0 Å². The zero-order chi connectivity index (χ0) is 29.8. The van der Waals surface area contributed by atoms with Crippen LogP contribution in [-0.4, -0.2) is 43.8 Å². The van der Waals surface area contributed by atoms with Crippen LogP contribution < -0.4 is 30.3 Å². The van der Waals surface area contributed by atoms with Crippen molar-refractivity contribution < 1.29 is 28.6 Å². The zero-order valence-electron chi connectivity index (χ0n) is 22.8. The van der Waals surface area contributed by atoms with Crippen molar-refractivity contribution in [2.24, 2.45) is 5.10 Å². The third kappa shape index (κ3) is 9.94. The fourth-order valence-corrected chi connectivity index (χ4v) is 4.29. The normalized spacial score (nSPS) is 10.7. The number of carbonyl (C=O) groups excluding carboxylic acids is 3. The molecule has 0 aliphatic carbocycles. The van der Waals surface area contributed by atoms with Gasteiger partial charge in [-0.25, -0.2) is 5.43 Å². The van der Waals surface area contributed by atoms with Crippen LogP contribution in [0, 0.1) is 10.5 Å². The minimum absolute atomic E-state index is 0.255. The summed E-state index contributed by atoms with van der Waals surface area (Å²) in [5.74, 6) is -0.724. The van der Waals surface area contributed by atoms with E-state index in [0.29, 0.717) is 56.0 Å². The fraction of sp³-hybridized carbons (Fsp3) is 0.241. The molecule has 0 spiro atoms. The van der Waals surface area contributed by atoms with Gasteiger partial charge in [0.05, 0.1) is 23.0 Å². The topological polar surface area (TPSA) is 127 Å². The van der Waals surface area contributed by atoms with E-state index in [9.17, 15) is 14.4 Å². The van der Waals surface area contributed by atoms with E-state index >= 15 is 0 Å². The van der Waals surface area contributed by atoms with Crippen molar-refractivity contribution in [2.45, 2.75) is 27.2 Å². The Morgan fingerprint density at radius 1 is 0.927 bits per heavy atom. The SMILES string of the molecule is CCCOc1ccc(NC(=O)C(=O)N/N=C\c2cc(I)c(OCC(=O)Nc3ccc(C)c(Cl)c3)c(OCC)c2)cc1. The van der Waals surface area contributed by atoms with Gasteiger partial charge in [-0.3, -0.25) is 14.4 Å². The van der Waals surface area contributed by atoms with Gasteiger partial charge < -0.3 is 24.8 Å². The van der Waals surface area contributed by atoms with E-state index in [0.717, 1.165) is 12.0 Å². The molecule has 0 fully saturated rings. The number of nitrogens with zero attached hydrogens (tertiary/aromatic N) is 1. The second-order valence-electron chi connectivity index (χ2n) is 8.59. The molecule has 41 heavy (non-hydrogen) atoms. The van der Waals surface area contributed by atoms with Gasteiger partial charge in [-0.2, -0.15) is 5.10 Å². The summed E-state index contributed by atoms with van der Waals surface area (Å²) in [6, 6.07) is 15.3. The summed E-state index contributed by atoms with van der Waals surface area (Å²) >= 11 is 8.17. The van der Waals surface area contributed by atoms with Gasteiger partial charge in [0.2, 0.25) is 0 Å². The average Bonchev–Trinajstić information content (AvgIpc) is 2.94. The van der Waals surface area contributed by atoms with Crippen LogP contribution in [0.3, 0.4) is 0 Å². The summed E-state index contributed by atoms with van der Waals surface area (Å²) in [6.07, 6.45) is 2.25. The molecule has 0 unspecified atom stereocenters. The Balaban J connectivity index is 1.57. The van der Waals surface area contributed by atoms with Gasteiger partial charge in [0.25, 0.3) is 5.91 Å². The molecule has 3 rings (SSSR count). The maximum absolute atomic E-state index is 12.4. The van der Waals surface area contributed by atoms with Gasteiger partial charge in [-0.05, 0) is 103 Å². The van der Waals surface area contributed by atoms with E-state index in [1.54, 1.807) is 48.5 Å². The molecule has 3 aromatic rings. The predicted octanol–water partition coefficient (Wildman–Crippen LogP) is 5.55.